The van der Waals surface area contributed by atoms with E-state index in [1.807, 2.05) is 0 Å². The Bertz CT molecular complexity index is 617. The fraction of sp³-hybridized carbons (Fsp3) is 0.765. The molecule has 0 aromatic heterocycles. The van der Waals surface area contributed by atoms with Crippen molar-refractivity contribution in [3.63, 3.8) is 0 Å². The third-order valence-electron chi connectivity index (χ3n) is 4.44. The minimum atomic E-state index is -4.33. The van der Waals surface area contributed by atoms with Gasteiger partial charge in [-0.3, -0.25) is 13.8 Å². The SMILES string of the molecule is CCCCCC/C=C/C(=O)C1=NCC[N+]1(CCO)CC(O)CS(=O)(=O)O. The Hall–Kier alpha value is -1.13. The number of nitrogens with zero attached hydrogens (tertiary/aromatic N) is 2. The van der Waals surface area contributed by atoms with Crippen molar-refractivity contribution in [3.8, 4) is 0 Å². The van der Waals surface area contributed by atoms with Crippen LogP contribution < -0.4 is 0 Å². The maximum atomic E-state index is 12.5. The van der Waals surface area contributed by atoms with E-state index in [2.05, 4.69) is 11.9 Å². The van der Waals surface area contributed by atoms with Gasteiger partial charge in [-0.05, 0) is 18.9 Å². The van der Waals surface area contributed by atoms with Crippen LogP contribution in [0.15, 0.2) is 17.1 Å². The van der Waals surface area contributed by atoms with E-state index < -0.39 is 22.0 Å². The summed E-state index contributed by atoms with van der Waals surface area (Å²) < 4.78 is 30.8. The maximum Gasteiger partial charge on any atom is 0.271 e. The molecule has 0 spiro atoms. The molecular weight excluding hydrogens is 360 g/mol. The average Bonchev–Trinajstić information content (AvgIpc) is 2.92. The summed E-state index contributed by atoms with van der Waals surface area (Å²) in [6.45, 7) is 2.71. The van der Waals surface area contributed by atoms with Crippen molar-refractivity contribution in [2.75, 3.05) is 38.5 Å². The Morgan fingerprint density at radius 3 is 2.69 bits per heavy atom. The fourth-order valence-corrected chi connectivity index (χ4v) is 3.84. The summed E-state index contributed by atoms with van der Waals surface area (Å²) in [7, 11) is -4.33. The number of allylic oxidation sites excluding steroid dienone is 1. The minimum absolute atomic E-state index is 0.0772. The fourth-order valence-electron chi connectivity index (χ4n) is 3.25. The molecule has 1 aliphatic heterocycles. The summed E-state index contributed by atoms with van der Waals surface area (Å²) in [5, 5.41) is 19.4. The smallest absolute Gasteiger partial charge is 0.271 e. The molecule has 0 aromatic rings. The van der Waals surface area contributed by atoms with Gasteiger partial charge in [0.2, 0.25) is 0 Å². The Morgan fingerprint density at radius 1 is 1.35 bits per heavy atom. The summed E-state index contributed by atoms with van der Waals surface area (Å²) >= 11 is 0. The molecule has 0 radical (unpaired) electrons. The number of quaternary nitrogens is 1. The predicted molar refractivity (Wildman–Crippen MR) is 99.6 cm³/mol. The molecule has 150 valence electrons. The normalized spacial score (nSPS) is 21.9. The number of ketones is 1. The van der Waals surface area contributed by atoms with Crippen LogP contribution in [-0.2, 0) is 14.9 Å². The molecule has 3 N–H and O–H groups in total. The van der Waals surface area contributed by atoms with E-state index in [0.717, 1.165) is 32.1 Å². The van der Waals surface area contributed by atoms with Gasteiger partial charge in [-0.2, -0.15) is 8.42 Å². The Morgan fingerprint density at radius 2 is 2.08 bits per heavy atom. The molecule has 0 aromatic carbocycles. The van der Waals surface area contributed by atoms with Gasteiger partial charge < -0.3 is 10.2 Å². The van der Waals surface area contributed by atoms with Gasteiger partial charge in [0, 0.05) is 0 Å². The van der Waals surface area contributed by atoms with E-state index >= 15 is 0 Å². The molecule has 0 saturated heterocycles. The zero-order valence-electron chi connectivity index (χ0n) is 15.4. The van der Waals surface area contributed by atoms with Crippen LogP contribution in [0.25, 0.3) is 0 Å². The molecule has 9 heteroatoms. The van der Waals surface area contributed by atoms with E-state index in [1.165, 1.54) is 6.08 Å². The number of hydrogen-bond donors (Lipinski definition) is 3. The van der Waals surface area contributed by atoms with Crippen LogP contribution >= 0.6 is 0 Å². The van der Waals surface area contributed by atoms with E-state index in [9.17, 15) is 23.4 Å². The van der Waals surface area contributed by atoms with E-state index in [4.69, 9.17) is 4.55 Å². The third-order valence-corrected chi connectivity index (χ3v) is 5.25. The molecule has 0 fully saturated rings. The number of carbonyl (C=O) groups is 1. The van der Waals surface area contributed by atoms with Crippen LogP contribution in [0.2, 0.25) is 0 Å². The lowest BCUT2D eigenvalue weighted by molar-refractivity contribution is -0.837. The van der Waals surface area contributed by atoms with Crippen molar-refractivity contribution in [2.45, 2.75) is 45.1 Å². The summed E-state index contributed by atoms with van der Waals surface area (Å²) in [5.74, 6) is -0.878. The van der Waals surface area contributed by atoms with E-state index in [0.29, 0.717) is 13.1 Å². The van der Waals surface area contributed by atoms with Gasteiger partial charge in [0.25, 0.3) is 21.7 Å². The van der Waals surface area contributed by atoms with Crippen molar-refractivity contribution in [3.05, 3.63) is 12.2 Å². The van der Waals surface area contributed by atoms with Crippen LogP contribution in [0.3, 0.4) is 0 Å². The Kier molecular flexibility index (Phi) is 9.59. The topological polar surface area (TPSA) is 124 Å². The van der Waals surface area contributed by atoms with Crippen LogP contribution in [-0.4, -0.2) is 83.9 Å². The summed E-state index contributed by atoms with van der Waals surface area (Å²) in [6, 6.07) is 0. The maximum absolute atomic E-state index is 12.5. The zero-order valence-corrected chi connectivity index (χ0v) is 16.2. The van der Waals surface area contributed by atoms with E-state index in [-0.39, 0.29) is 35.8 Å². The van der Waals surface area contributed by atoms with Gasteiger partial charge in [0.1, 0.15) is 31.5 Å². The van der Waals surface area contributed by atoms with Crippen molar-refractivity contribution in [2.24, 2.45) is 4.99 Å². The number of aliphatic hydroxyl groups is 2. The highest BCUT2D eigenvalue weighted by molar-refractivity contribution is 7.85. The van der Waals surface area contributed by atoms with Crippen LogP contribution in [0.5, 0.6) is 0 Å². The molecule has 0 amide bonds. The van der Waals surface area contributed by atoms with Crippen LogP contribution in [0.1, 0.15) is 39.0 Å². The van der Waals surface area contributed by atoms with Crippen molar-refractivity contribution in [1.29, 1.82) is 0 Å². The first-order valence-electron chi connectivity index (χ1n) is 9.10. The standard InChI is InChI=1S/C17H30N2O6S/c1-2-3-4-5-6-7-8-16(22)17-18-9-10-19(17,11-12-20)13-15(21)14-26(23,24)25/h7-8,15,20-21H,2-6,9-14H2,1H3/p+1/b8-7+. The molecule has 0 aliphatic carbocycles. The number of amidine groups is 1. The second-order valence-corrected chi connectivity index (χ2v) is 8.22. The molecule has 0 bridgehead atoms. The summed E-state index contributed by atoms with van der Waals surface area (Å²) in [4.78, 5) is 16.8. The number of rotatable bonds is 13. The molecule has 8 nitrogen and oxygen atoms in total. The lowest BCUT2D eigenvalue weighted by Crippen LogP contribution is -2.58. The first kappa shape index (κ1) is 22.9. The molecule has 1 rings (SSSR count). The van der Waals surface area contributed by atoms with Gasteiger partial charge in [-0.1, -0.05) is 32.3 Å². The predicted octanol–water partition coefficient (Wildman–Crippen LogP) is 0.552. The van der Waals surface area contributed by atoms with Gasteiger partial charge >= 0.3 is 0 Å². The number of carbonyl (C=O) groups excluding carboxylic acids is 1. The second-order valence-electron chi connectivity index (χ2n) is 6.72. The van der Waals surface area contributed by atoms with E-state index in [1.54, 1.807) is 6.08 Å². The molecular formula is C17H31N2O6S+. The van der Waals surface area contributed by atoms with Gasteiger partial charge in [-0.25, -0.2) is 4.99 Å². The summed E-state index contributed by atoms with van der Waals surface area (Å²) in [5.41, 5.74) is 0. The van der Waals surface area contributed by atoms with Gasteiger partial charge in [0.05, 0.1) is 13.2 Å². The lowest BCUT2D eigenvalue weighted by atomic mass is 10.1. The minimum Gasteiger partial charge on any atom is -0.390 e. The number of unbranched alkanes of at least 4 members (excludes halogenated alkanes) is 4. The number of aliphatic imine (C=N–C) groups is 1. The molecule has 0 saturated carbocycles. The molecule has 2 unspecified atom stereocenters. The first-order valence-corrected chi connectivity index (χ1v) is 10.7. The van der Waals surface area contributed by atoms with Crippen LogP contribution in [0, 0.1) is 0 Å². The highest BCUT2D eigenvalue weighted by Crippen LogP contribution is 2.18. The largest absolute Gasteiger partial charge is 0.390 e. The van der Waals surface area contributed by atoms with Crippen LogP contribution in [0.4, 0.5) is 0 Å². The van der Waals surface area contributed by atoms with Gasteiger partial charge in [-0.15, -0.1) is 0 Å². The summed E-state index contributed by atoms with van der Waals surface area (Å²) in [6.07, 6.45) is 7.14. The van der Waals surface area contributed by atoms with Crippen molar-refractivity contribution in [1.82, 2.24) is 0 Å². The average molecular weight is 392 g/mol. The van der Waals surface area contributed by atoms with Gasteiger partial charge in [0.15, 0.2) is 0 Å². The quantitative estimate of drug-likeness (QED) is 0.182. The zero-order chi connectivity index (χ0) is 19.6. The Labute approximate surface area is 155 Å². The van der Waals surface area contributed by atoms with Crippen molar-refractivity contribution < 1.29 is 32.5 Å². The number of aliphatic hydroxyl groups excluding tert-OH is 2. The first-order chi connectivity index (χ1) is 12.2. The molecule has 1 heterocycles. The molecule has 2 atom stereocenters. The highest BCUT2D eigenvalue weighted by atomic mass is 32.2. The monoisotopic (exact) mass is 391 g/mol. The second kappa shape index (κ2) is 10.9. The highest BCUT2D eigenvalue weighted by Gasteiger charge is 2.43. The third kappa shape index (κ3) is 7.63. The number of hydrogen-bond acceptors (Lipinski definition) is 6. The Balaban J connectivity index is 2.77. The van der Waals surface area contributed by atoms with Crippen molar-refractivity contribution >= 4 is 21.7 Å². The lowest BCUT2D eigenvalue weighted by Gasteiger charge is -2.34. The molecule has 1 aliphatic rings. The molecule has 26 heavy (non-hydrogen) atoms.